The molecular formula is C14H19BrN2O3S. The third-order valence-corrected chi connectivity index (χ3v) is 4.00. The fraction of sp³-hybridized carbons (Fsp3) is 0.429. The molecule has 1 rings (SSSR count). The molecule has 0 saturated heterocycles. The van der Waals surface area contributed by atoms with Crippen LogP contribution < -0.4 is 10.6 Å². The lowest BCUT2D eigenvalue weighted by molar-refractivity contribution is -0.139. The van der Waals surface area contributed by atoms with Crippen LogP contribution in [0.15, 0.2) is 28.7 Å². The van der Waals surface area contributed by atoms with Crippen molar-refractivity contribution in [2.45, 2.75) is 18.9 Å². The summed E-state index contributed by atoms with van der Waals surface area (Å²) in [6.07, 6.45) is 3.01. The average Bonchev–Trinajstić information content (AvgIpc) is 2.45. The van der Waals surface area contributed by atoms with Crippen molar-refractivity contribution in [3.05, 3.63) is 34.3 Å². The Morgan fingerprint density at radius 2 is 2.00 bits per heavy atom. The molecule has 0 aliphatic rings. The Balaban J connectivity index is 2.32. The minimum atomic E-state index is -1.01. The molecule has 7 heteroatoms. The number of aliphatic carboxylic acids is 1. The summed E-state index contributed by atoms with van der Waals surface area (Å²) in [6.45, 7) is 0.461. The molecule has 116 valence electrons. The van der Waals surface area contributed by atoms with Crippen LogP contribution in [0.5, 0.6) is 0 Å². The third-order valence-electron chi connectivity index (χ3n) is 2.83. The van der Waals surface area contributed by atoms with Gasteiger partial charge in [0, 0.05) is 11.0 Å². The first-order valence-electron chi connectivity index (χ1n) is 6.53. The summed E-state index contributed by atoms with van der Waals surface area (Å²) in [6, 6.07) is 6.55. The van der Waals surface area contributed by atoms with E-state index in [9.17, 15) is 9.59 Å². The van der Waals surface area contributed by atoms with Gasteiger partial charge >= 0.3 is 12.0 Å². The molecule has 0 aliphatic heterocycles. The van der Waals surface area contributed by atoms with E-state index in [2.05, 4.69) is 26.6 Å². The van der Waals surface area contributed by atoms with Gasteiger partial charge in [-0.15, -0.1) is 0 Å². The summed E-state index contributed by atoms with van der Waals surface area (Å²) in [4.78, 5) is 22.7. The van der Waals surface area contributed by atoms with E-state index >= 15 is 0 Å². The quantitative estimate of drug-likeness (QED) is 0.653. The number of hydrogen-bond donors (Lipinski definition) is 3. The zero-order chi connectivity index (χ0) is 15.7. The van der Waals surface area contributed by atoms with Gasteiger partial charge in [-0.25, -0.2) is 9.59 Å². The Hall–Kier alpha value is -1.21. The summed E-state index contributed by atoms with van der Waals surface area (Å²) in [5.74, 6) is -0.317. The number of thioether (sulfide) groups is 1. The highest BCUT2D eigenvalue weighted by atomic mass is 79.9. The van der Waals surface area contributed by atoms with Crippen LogP contribution >= 0.6 is 27.7 Å². The van der Waals surface area contributed by atoms with Gasteiger partial charge in [0.15, 0.2) is 0 Å². The maximum absolute atomic E-state index is 11.7. The number of benzene rings is 1. The molecule has 0 aromatic heterocycles. The minimum Gasteiger partial charge on any atom is -0.480 e. The van der Waals surface area contributed by atoms with Crippen LogP contribution in [0, 0.1) is 0 Å². The van der Waals surface area contributed by atoms with E-state index < -0.39 is 18.0 Å². The van der Waals surface area contributed by atoms with Crippen LogP contribution in [0.4, 0.5) is 4.79 Å². The predicted octanol–water partition coefficient (Wildman–Crippen LogP) is 2.50. The van der Waals surface area contributed by atoms with Gasteiger partial charge in [0.2, 0.25) is 0 Å². The Kier molecular flexibility index (Phi) is 8.22. The van der Waals surface area contributed by atoms with Crippen molar-refractivity contribution in [1.29, 1.82) is 0 Å². The third kappa shape index (κ3) is 7.38. The molecule has 0 aliphatic carbocycles. The van der Waals surface area contributed by atoms with Gasteiger partial charge < -0.3 is 15.7 Å². The first-order valence-corrected chi connectivity index (χ1v) is 8.72. The SMILES string of the molecule is CSCCC(NC(=O)NCCc1ccc(Br)cc1)C(=O)O. The van der Waals surface area contributed by atoms with Crippen LogP contribution in [-0.4, -0.2) is 41.7 Å². The van der Waals surface area contributed by atoms with E-state index in [1.807, 2.05) is 30.5 Å². The van der Waals surface area contributed by atoms with Crippen molar-refractivity contribution in [3.8, 4) is 0 Å². The number of amides is 2. The van der Waals surface area contributed by atoms with E-state index in [1.165, 1.54) is 0 Å². The number of hydrogen-bond acceptors (Lipinski definition) is 3. The van der Waals surface area contributed by atoms with Crippen LogP contribution in [0.1, 0.15) is 12.0 Å². The van der Waals surface area contributed by atoms with Crippen LogP contribution in [0.25, 0.3) is 0 Å². The fourth-order valence-corrected chi connectivity index (χ4v) is 2.41. The highest BCUT2D eigenvalue weighted by Crippen LogP contribution is 2.10. The maximum Gasteiger partial charge on any atom is 0.326 e. The van der Waals surface area contributed by atoms with E-state index in [0.717, 1.165) is 10.0 Å². The van der Waals surface area contributed by atoms with Crippen molar-refractivity contribution in [2.24, 2.45) is 0 Å². The summed E-state index contributed by atoms with van der Waals surface area (Å²) in [5.41, 5.74) is 1.11. The van der Waals surface area contributed by atoms with Gasteiger partial charge in [0.25, 0.3) is 0 Å². The number of nitrogens with one attached hydrogen (secondary N) is 2. The van der Waals surface area contributed by atoms with Gasteiger partial charge in [-0.1, -0.05) is 28.1 Å². The second kappa shape index (κ2) is 9.68. The van der Waals surface area contributed by atoms with Crippen molar-refractivity contribution < 1.29 is 14.7 Å². The Bertz CT molecular complexity index is 468. The molecule has 0 spiro atoms. The molecule has 3 N–H and O–H groups in total. The Morgan fingerprint density at radius 3 is 2.57 bits per heavy atom. The number of halogens is 1. The molecule has 1 unspecified atom stereocenters. The molecule has 1 aromatic carbocycles. The zero-order valence-corrected chi connectivity index (χ0v) is 14.2. The molecule has 21 heavy (non-hydrogen) atoms. The van der Waals surface area contributed by atoms with Gasteiger partial charge in [-0.3, -0.25) is 0 Å². The lowest BCUT2D eigenvalue weighted by Gasteiger charge is -2.14. The first-order chi connectivity index (χ1) is 10.0. The summed E-state index contributed by atoms with van der Waals surface area (Å²) >= 11 is 4.91. The van der Waals surface area contributed by atoms with E-state index in [-0.39, 0.29) is 0 Å². The maximum atomic E-state index is 11.7. The topological polar surface area (TPSA) is 78.4 Å². The molecule has 5 nitrogen and oxygen atoms in total. The first kappa shape index (κ1) is 17.8. The summed E-state index contributed by atoms with van der Waals surface area (Å²) in [7, 11) is 0. The number of carbonyl (C=O) groups excluding carboxylic acids is 1. The van der Waals surface area contributed by atoms with Crippen molar-refractivity contribution in [1.82, 2.24) is 10.6 Å². The van der Waals surface area contributed by atoms with E-state index in [0.29, 0.717) is 25.1 Å². The van der Waals surface area contributed by atoms with Crippen LogP contribution in [-0.2, 0) is 11.2 Å². The molecule has 0 radical (unpaired) electrons. The lowest BCUT2D eigenvalue weighted by Crippen LogP contribution is -2.46. The predicted molar refractivity (Wildman–Crippen MR) is 88.8 cm³/mol. The van der Waals surface area contributed by atoms with Crippen molar-refractivity contribution in [2.75, 3.05) is 18.6 Å². The molecule has 0 saturated carbocycles. The standard InChI is InChI=1S/C14H19BrN2O3S/c1-21-9-7-12(13(18)19)17-14(20)16-8-6-10-2-4-11(15)5-3-10/h2-5,12H,6-9H2,1H3,(H,18,19)(H2,16,17,20). The minimum absolute atomic E-state index is 0.413. The van der Waals surface area contributed by atoms with E-state index in [1.54, 1.807) is 11.8 Å². The van der Waals surface area contributed by atoms with Crippen molar-refractivity contribution in [3.63, 3.8) is 0 Å². The van der Waals surface area contributed by atoms with Gasteiger partial charge in [-0.2, -0.15) is 11.8 Å². The molecule has 1 aromatic rings. The number of carbonyl (C=O) groups is 2. The molecule has 1 atom stereocenters. The number of carboxylic acid groups (broad SMARTS) is 1. The Morgan fingerprint density at radius 1 is 1.33 bits per heavy atom. The number of carboxylic acids is 1. The molecule has 0 bridgehead atoms. The smallest absolute Gasteiger partial charge is 0.326 e. The number of rotatable bonds is 8. The van der Waals surface area contributed by atoms with E-state index in [4.69, 9.17) is 5.11 Å². The van der Waals surface area contributed by atoms with Gasteiger partial charge in [0.05, 0.1) is 0 Å². The Labute approximate surface area is 137 Å². The van der Waals surface area contributed by atoms with Gasteiger partial charge in [0.1, 0.15) is 6.04 Å². The fourth-order valence-electron chi connectivity index (χ4n) is 1.67. The molecular weight excluding hydrogens is 356 g/mol. The number of urea groups is 1. The highest BCUT2D eigenvalue weighted by Gasteiger charge is 2.18. The summed E-state index contributed by atoms with van der Waals surface area (Å²) in [5, 5.41) is 14.2. The highest BCUT2D eigenvalue weighted by molar-refractivity contribution is 9.10. The zero-order valence-electron chi connectivity index (χ0n) is 11.8. The lowest BCUT2D eigenvalue weighted by atomic mass is 10.1. The molecule has 0 fully saturated rings. The van der Waals surface area contributed by atoms with Crippen molar-refractivity contribution >= 4 is 39.7 Å². The molecule has 2 amide bonds. The molecule has 0 heterocycles. The summed E-state index contributed by atoms with van der Waals surface area (Å²) < 4.78 is 1.01. The second-order valence-corrected chi connectivity index (χ2v) is 6.35. The van der Waals surface area contributed by atoms with Crippen LogP contribution in [0.3, 0.4) is 0 Å². The largest absolute Gasteiger partial charge is 0.480 e. The average molecular weight is 375 g/mol. The normalized spacial score (nSPS) is 11.7. The second-order valence-electron chi connectivity index (χ2n) is 4.45. The monoisotopic (exact) mass is 374 g/mol. The van der Waals surface area contributed by atoms with Gasteiger partial charge in [-0.05, 0) is 42.5 Å². The van der Waals surface area contributed by atoms with Crippen LogP contribution in [0.2, 0.25) is 0 Å².